The Morgan fingerprint density at radius 1 is 0.905 bits per heavy atom. The van der Waals surface area contributed by atoms with E-state index in [0.717, 1.165) is 0 Å². The Balaban J connectivity index is 2.23. The lowest BCUT2D eigenvalue weighted by atomic mass is 9.98. The number of hydrogen-bond donors (Lipinski definition) is 1. The molecule has 0 fully saturated rings. The van der Waals surface area contributed by atoms with Gasteiger partial charge in [-0.25, -0.2) is 0 Å². The summed E-state index contributed by atoms with van der Waals surface area (Å²) >= 11 is 0. The zero-order valence-electron chi connectivity index (χ0n) is 11.5. The Hall–Kier alpha value is -2.75. The van der Waals surface area contributed by atoms with Gasteiger partial charge in [0.15, 0.2) is 17.3 Å². The third-order valence-corrected chi connectivity index (χ3v) is 3.12. The molecule has 0 aliphatic carbocycles. The van der Waals surface area contributed by atoms with Crippen LogP contribution in [0.15, 0.2) is 48.5 Å². The number of aromatic hydroxyl groups is 1. The number of phenols is 1. The van der Waals surface area contributed by atoms with E-state index in [1.165, 1.54) is 25.1 Å². The number of benzene rings is 2. The van der Waals surface area contributed by atoms with E-state index in [4.69, 9.17) is 0 Å². The van der Waals surface area contributed by atoms with E-state index in [2.05, 4.69) is 0 Å². The standard InChI is InChI=1S/C17H14O4/c1-11(18)13-7-8-15(19)14(9-13)17(21)10-16(20)12-5-3-2-4-6-12/h2-9,19H,10H2,1H3. The van der Waals surface area contributed by atoms with Crippen molar-refractivity contribution in [1.29, 1.82) is 0 Å². The zero-order valence-corrected chi connectivity index (χ0v) is 11.5. The third-order valence-electron chi connectivity index (χ3n) is 3.12. The highest BCUT2D eigenvalue weighted by Gasteiger charge is 2.17. The second kappa shape index (κ2) is 6.13. The van der Waals surface area contributed by atoms with Gasteiger partial charge in [-0.1, -0.05) is 30.3 Å². The molecule has 2 aromatic carbocycles. The lowest BCUT2D eigenvalue weighted by Gasteiger charge is -2.05. The molecule has 4 nitrogen and oxygen atoms in total. The predicted molar refractivity (Wildman–Crippen MR) is 77.8 cm³/mol. The Morgan fingerprint density at radius 2 is 1.57 bits per heavy atom. The van der Waals surface area contributed by atoms with E-state index in [1.807, 2.05) is 0 Å². The molecule has 4 heteroatoms. The molecule has 0 atom stereocenters. The average Bonchev–Trinajstić information content (AvgIpc) is 2.48. The number of rotatable bonds is 5. The summed E-state index contributed by atoms with van der Waals surface area (Å²) in [5.41, 5.74) is 0.753. The summed E-state index contributed by atoms with van der Waals surface area (Å²) in [6, 6.07) is 12.5. The third kappa shape index (κ3) is 3.42. The van der Waals surface area contributed by atoms with Crippen LogP contribution in [0.25, 0.3) is 0 Å². The van der Waals surface area contributed by atoms with Crippen LogP contribution < -0.4 is 0 Å². The van der Waals surface area contributed by atoms with E-state index in [0.29, 0.717) is 11.1 Å². The summed E-state index contributed by atoms with van der Waals surface area (Å²) in [5.74, 6) is -1.28. The van der Waals surface area contributed by atoms with Crippen molar-refractivity contribution in [3.63, 3.8) is 0 Å². The minimum absolute atomic E-state index is 0.00742. The molecule has 0 saturated carbocycles. The van der Waals surface area contributed by atoms with Gasteiger partial charge >= 0.3 is 0 Å². The first-order valence-corrected chi connectivity index (χ1v) is 6.44. The van der Waals surface area contributed by atoms with Crippen LogP contribution in [-0.2, 0) is 0 Å². The quantitative estimate of drug-likeness (QED) is 0.675. The van der Waals surface area contributed by atoms with Crippen LogP contribution in [0.3, 0.4) is 0 Å². The Kier molecular flexibility index (Phi) is 4.28. The molecule has 0 radical (unpaired) electrons. The van der Waals surface area contributed by atoms with Crippen LogP contribution in [0.1, 0.15) is 44.4 Å². The molecule has 1 N–H and O–H groups in total. The van der Waals surface area contributed by atoms with E-state index in [9.17, 15) is 19.5 Å². The molecule has 0 aliphatic heterocycles. The first-order valence-electron chi connectivity index (χ1n) is 6.44. The molecule has 0 spiro atoms. The van der Waals surface area contributed by atoms with Gasteiger partial charge in [0.1, 0.15) is 5.75 Å². The number of carbonyl (C=O) groups excluding carboxylic acids is 3. The second-order valence-electron chi connectivity index (χ2n) is 4.68. The van der Waals surface area contributed by atoms with Gasteiger partial charge in [-0.2, -0.15) is 0 Å². The van der Waals surface area contributed by atoms with Gasteiger partial charge in [-0.15, -0.1) is 0 Å². The maximum Gasteiger partial charge on any atom is 0.174 e. The van der Waals surface area contributed by atoms with Crippen LogP contribution >= 0.6 is 0 Å². The molecule has 106 valence electrons. The normalized spacial score (nSPS) is 10.1. The van der Waals surface area contributed by atoms with Gasteiger partial charge in [0.05, 0.1) is 12.0 Å². The minimum Gasteiger partial charge on any atom is -0.507 e. The Bertz CT molecular complexity index is 702. The van der Waals surface area contributed by atoms with Crippen LogP contribution in [0.2, 0.25) is 0 Å². The van der Waals surface area contributed by atoms with Crippen molar-refractivity contribution in [2.45, 2.75) is 13.3 Å². The maximum atomic E-state index is 12.1. The topological polar surface area (TPSA) is 71.4 Å². The van der Waals surface area contributed by atoms with E-state index in [-0.39, 0.29) is 29.3 Å². The number of phenolic OH excluding ortho intramolecular Hbond substituents is 1. The van der Waals surface area contributed by atoms with Gasteiger partial charge in [0, 0.05) is 11.1 Å². The van der Waals surface area contributed by atoms with Crippen LogP contribution in [0.5, 0.6) is 5.75 Å². The summed E-state index contributed by atoms with van der Waals surface area (Å²) < 4.78 is 0. The first-order chi connectivity index (χ1) is 9.99. The monoisotopic (exact) mass is 282 g/mol. The van der Waals surface area contributed by atoms with Crippen molar-refractivity contribution < 1.29 is 19.5 Å². The van der Waals surface area contributed by atoms with Crippen LogP contribution in [0, 0.1) is 0 Å². The van der Waals surface area contributed by atoms with E-state index >= 15 is 0 Å². The molecule has 2 rings (SSSR count). The molecule has 0 unspecified atom stereocenters. The molecule has 0 bridgehead atoms. The molecule has 21 heavy (non-hydrogen) atoms. The fourth-order valence-corrected chi connectivity index (χ4v) is 1.95. The maximum absolute atomic E-state index is 12.1. The van der Waals surface area contributed by atoms with Crippen molar-refractivity contribution in [1.82, 2.24) is 0 Å². The summed E-state index contributed by atoms with van der Waals surface area (Å²) in [7, 11) is 0. The number of carbonyl (C=O) groups is 3. The van der Waals surface area contributed by atoms with Gasteiger partial charge in [0.25, 0.3) is 0 Å². The molecule has 0 heterocycles. The molecule has 0 amide bonds. The molecule has 0 saturated heterocycles. The lowest BCUT2D eigenvalue weighted by Crippen LogP contribution is -2.09. The van der Waals surface area contributed by atoms with E-state index in [1.54, 1.807) is 30.3 Å². The van der Waals surface area contributed by atoms with Crippen molar-refractivity contribution >= 4 is 17.3 Å². The highest BCUT2D eigenvalue weighted by atomic mass is 16.3. The van der Waals surface area contributed by atoms with Gasteiger partial charge in [-0.05, 0) is 25.1 Å². The second-order valence-corrected chi connectivity index (χ2v) is 4.68. The number of ketones is 3. The SMILES string of the molecule is CC(=O)c1ccc(O)c(C(=O)CC(=O)c2ccccc2)c1. The Labute approximate surface area is 122 Å². The van der Waals surface area contributed by atoms with Crippen LogP contribution in [0.4, 0.5) is 0 Å². The van der Waals surface area contributed by atoms with Gasteiger partial charge in [-0.3, -0.25) is 14.4 Å². The fraction of sp³-hybridized carbons (Fsp3) is 0.118. The predicted octanol–water partition coefficient (Wildman–Crippen LogP) is 3.05. The van der Waals surface area contributed by atoms with E-state index < -0.39 is 5.78 Å². The van der Waals surface area contributed by atoms with Gasteiger partial charge < -0.3 is 5.11 Å². The average molecular weight is 282 g/mol. The molecular weight excluding hydrogens is 268 g/mol. The number of hydrogen-bond acceptors (Lipinski definition) is 4. The van der Waals surface area contributed by atoms with Crippen molar-refractivity contribution in [2.75, 3.05) is 0 Å². The minimum atomic E-state index is -0.510. The Morgan fingerprint density at radius 3 is 2.19 bits per heavy atom. The fourth-order valence-electron chi connectivity index (χ4n) is 1.95. The smallest absolute Gasteiger partial charge is 0.174 e. The summed E-state index contributed by atoms with van der Waals surface area (Å²) in [6.07, 6.45) is -0.348. The van der Waals surface area contributed by atoms with Crippen molar-refractivity contribution in [3.05, 3.63) is 65.2 Å². The molecule has 2 aromatic rings. The first kappa shape index (κ1) is 14.7. The van der Waals surface area contributed by atoms with Crippen molar-refractivity contribution in [2.24, 2.45) is 0 Å². The largest absolute Gasteiger partial charge is 0.507 e. The highest BCUT2D eigenvalue weighted by Crippen LogP contribution is 2.21. The molecule has 0 aliphatic rings. The summed E-state index contributed by atoms with van der Waals surface area (Å²) in [5, 5.41) is 9.73. The highest BCUT2D eigenvalue weighted by molar-refractivity contribution is 6.15. The number of Topliss-reactive ketones (excluding diaryl/α,β-unsaturated/α-hetero) is 3. The van der Waals surface area contributed by atoms with Gasteiger partial charge in [0.2, 0.25) is 0 Å². The zero-order chi connectivity index (χ0) is 15.4. The van der Waals surface area contributed by atoms with Crippen LogP contribution in [-0.4, -0.2) is 22.5 Å². The summed E-state index contributed by atoms with van der Waals surface area (Å²) in [4.78, 5) is 35.4. The molecule has 0 aromatic heterocycles. The van der Waals surface area contributed by atoms with Crippen molar-refractivity contribution in [3.8, 4) is 5.75 Å². The summed E-state index contributed by atoms with van der Waals surface area (Å²) in [6.45, 7) is 1.37. The lowest BCUT2D eigenvalue weighted by molar-refractivity contribution is 0.0892. The molecular formula is C17H14O4.